The van der Waals surface area contributed by atoms with E-state index >= 15 is 0 Å². The van der Waals surface area contributed by atoms with Crippen LogP contribution in [0.1, 0.15) is 10.4 Å². The van der Waals surface area contributed by atoms with Crippen LogP contribution >= 0.6 is 0 Å². The summed E-state index contributed by atoms with van der Waals surface area (Å²) in [5.74, 6) is -0.470. The minimum Gasteiger partial charge on any atom is -0.352 e. The zero-order valence-electron chi connectivity index (χ0n) is 8.25. The lowest BCUT2D eigenvalue weighted by molar-refractivity contribution is -0.174. The highest BCUT2D eigenvalue weighted by Crippen LogP contribution is 2.13. The van der Waals surface area contributed by atoms with Gasteiger partial charge in [0.1, 0.15) is 13.3 Å². The van der Waals surface area contributed by atoms with Gasteiger partial charge in [0.2, 0.25) is 0 Å². The van der Waals surface area contributed by atoms with Crippen molar-refractivity contribution in [3.8, 4) is 0 Å². The fraction of sp³-hybridized carbons (Fsp3) is 0.300. The van der Waals surface area contributed by atoms with E-state index in [1.807, 2.05) is 0 Å². The van der Waals surface area contributed by atoms with Gasteiger partial charge in [-0.1, -0.05) is 18.2 Å². The van der Waals surface area contributed by atoms with Gasteiger partial charge in [-0.25, -0.2) is 0 Å². The van der Waals surface area contributed by atoms with Crippen molar-refractivity contribution in [3.63, 3.8) is 0 Å². The number of hydrogen-bond donors (Lipinski definition) is 1. The first-order valence-electron chi connectivity index (χ1n) is 4.47. The Balaban J connectivity index is 2.27. The molecule has 1 N–H and O–H groups in total. The van der Waals surface area contributed by atoms with E-state index in [1.165, 1.54) is 0 Å². The number of ether oxygens (including phenoxy) is 1. The van der Waals surface area contributed by atoms with E-state index < -0.39 is 25.4 Å². The number of benzene rings is 1. The maximum atomic E-state index is 11.7. The van der Waals surface area contributed by atoms with Gasteiger partial charge in [0.05, 0.1) is 0 Å². The van der Waals surface area contributed by atoms with Crippen LogP contribution in [-0.4, -0.2) is 25.4 Å². The molecule has 0 bridgehead atoms. The molecule has 0 saturated heterocycles. The summed E-state index contributed by atoms with van der Waals surface area (Å²) in [7, 11) is 0. The van der Waals surface area contributed by atoms with Crippen LogP contribution in [0.2, 0.25) is 0 Å². The average Bonchev–Trinajstić information content (AvgIpc) is 2.24. The third-order valence-corrected chi connectivity index (χ3v) is 1.64. The Morgan fingerprint density at radius 3 is 2.44 bits per heavy atom. The minimum absolute atomic E-state index is 0.373. The van der Waals surface area contributed by atoms with Crippen LogP contribution in [0.15, 0.2) is 30.3 Å². The second kappa shape index (κ2) is 5.50. The molecule has 0 aliphatic rings. The smallest absolute Gasteiger partial charge is 0.352 e. The van der Waals surface area contributed by atoms with Crippen molar-refractivity contribution in [2.24, 2.45) is 0 Å². The highest BCUT2D eigenvalue weighted by Gasteiger charge is 2.27. The van der Waals surface area contributed by atoms with Crippen LogP contribution in [0, 0.1) is 0 Å². The zero-order chi connectivity index (χ0) is 12.0. The summed E-state index contributed by atoms with van der Waals surface area (Å²) in [5, 5.41) is 2.21. The van der Waals surface area contributed by atoms with Gasteiger partial charge in [-0.05, 0) is 12.1 Å². The number of amides is 1. The van der Waals surface area contributed by atoms with Gasteiger partial charge in [-0.15, -0.1) is 0 Å². The molecule has 1 rings (SSSR count). The summed E-state index contributed by atoms with van der Waals surface area (Å²) in [4.78, 5) is 11.3. The average molecular weight is 233 g/mol. The second-order valence-electron chi connectivity index (χ2n) is 2.98. The first-order valence-corrected chi connectivity index (χ1v) is 4.47. The van der Waals surface area contributed by atoms with Gasteiger partial charge >= 0.3 is 6.18 Å². The van der Waals surface area contributed by atoms with Gasteiger partial charge in [0, 0.05) is 5.56 Å². The minimum atomic E-state index is -4.38. The van der Waals surface area contributed by atoms with E-state index in [-0.39, 0.29) is 0 Å². The van der Waals surface area contributed by atoms with Gasteiger partial charge in [-0.2, -0.15) is 13.2 Å². The highest BCUT2D eigenvalue weighted by atomic mass is 19.4. The largest absolute Gasteiger partial charge is 0.411 e. The molecule has 0 fully saturated rings. The predicted molar refractivity (Wildman–Crippen MR) is 50.8 cm³/mol. The van der Waals surface area contributed by atoms with Crippen molar-refractivity contribution in [3.05, 3.63) is 35.9 Å². The van der Waals surface area contributed by atoms with Crippen molar-refractivity contribution >= 4 is 5.91 Å². The van der Waals surface area contributed by atoms with Gasteiger partial charge < -0.3 is 10.1 Å². The maximum Gasteiger partial charge on any atom is 0.411 e. The molecule has 0 aliphatic carbocycles. The summed E-state index contributed by atoms with van der Waals surface area (Å²) in [6, 6.07) is 8.16. The topological polar surface area (TPSA) is 38.3 Å². The Kier molecular flexibility index (Phi) is 4.30. The van der Waals surface area contributed by atoms with Crippen LogP contribution < -0.4 is 5.32 Å². The van der Waals surface area contributed by atoms with Crippen LogP contribution in [0.5, 0.6) is 0 Å². The maximum absolute atomic E-state index is 11.7. The Hall–Kier alpha value is -1.56. The molecule has 1 amide bonds. The molecule has 0 aliphatic heterocycles. The quantitative estimate of drug-likeness (QED) is 0.637. The van der Waals surface area contributed by atoms with Gasteiger partial charge in [0.15, 0.2) is 0 Å². The number of halogens is 3. The highest BCUT2D eigenvalue weighted by molar-refractivity contribution is 5.93. The van der Waals surface area contributed by atoms with E-state index in [0.29, 0.717) is 5.56 Å². The first kappa shape index (κ1) is 12.5. The second-order valence-corrected chi connectivity index (χ2v) is 2.98. The molecule has 1 aromatic carbocycles. The molecular formula is C10H10F3NO2. The van der Waals surface area contributed by atoms with Gasteiger partial charge in [-0.3, -0.25) is 4.79 Å². The molecule has 88 valence electrons. The van der Waals surface area contributed by atoms with Crippen LogP contribution in [0.4, 0.5) is 13.2 Å². The molecule has 0 aromatic heterocycles. The SMILES string of the molecule is O=C(NCOCC(F)(F)F)c1ccccc1. The number of carbonyl (C=O) groups excluding carboxylic acids is 1. The van der Waals surface area contributed by atoms with Crippen molar-refractivity contribution in [2.75, 3.05) is 13.3 Å². The van der Waals surface area contributed by atoms with Crippen molar-refractivity contribution < 1.29 is 22.7 Å². The predicted octanol–water partition coefficient (Wildman–Crippen LogP) is 1.95. The van der Waals surface area contributed by atoms with Crippen LogP contribution in [0.3, 0.4) is 0 Å². The molecule has 16 heavy (non-hydrogen) atoms. The molecule has 0 saturated carbocycles. The lowest BCUT2D eigenvalue weighted by atomic mass is 10.2. The lowest BCUT2D eigenvalue weighted by Crippen LogP contribution is -2.29. The van der Waals surface area contributed by atoms with Gasteiger partial charge in [0.25, 0.3) is 5.91 Å². The van der Waals surface area contributed by atoms with Crippen LogP contribution in [0.25, 0.3) is 0 Å². The number of hydrogen-bond acceptors (Lipinski definition) is 2. The Bertz CT molecular complexity index is 338. The summed E-state index contributed by atoms with van der Waals surface area (Å²) < 4.78 is 39.2. The van der Waals surface area contributed by atoms with E-state index in [2.05, 4.69) is 10.1 Å². The van der Waals surface area contributed by atoms with Crippen molar-refractivity contribution in [1.29, 1.82) is 0 Å². The third-order valence-electron chi connectivity index (χ3n) is 1.64. The summed E-state index contributed by atoms with van der Waals surface area (Å²) >= 11 is 0. The molecule has 0 atom stereocenters. The molecule has 3 nitrogen and oxygen atoms in total. The van der Waals surface area contributed by atoms with Crippen molar-refractivity contribution in [1.82, 2.24) is 5.32 Å². The molecule has 6 heteroatoms. The third kappa shape index (κ3) is 4.79. The lowest BCUT2D eigenvalue weighted by Gasteiger charge is -2.08. The normalized spacial score (nSPS) is 11.2. The first-order chi connectivity index (χ1) is 7.49. The number of rotatable bonds is 4. The standard InChI is InChI=1S/C10H10F3NO2/c11-10(12,13)6-16-7-14-9(15)8-4-2-1-3-5-8/h1-5H,6-7H2,(H,14,15). The van der Waals surface area contributed by atoms with Crippen molar-refractivity contribution in [2.45, 2.75) is 6.18 Å². The summed E-state index contributed by atoms with van der Waals surface area (Å²) in [6.45, 7) is -1.84. The van der Waals surface area contributed by atoms with Crippen LogP contribution in [-0.2, 0) is 4.74 Å². The Morgan fingerprint density at radius 2 is 1.88 bits per heavy atom. The fourth-order valence-electron chi connectivity index (χ4n) is 0.975. The van der Waals surface area contributed by atoms with E-state index in [0.717, 1.165) is 0 Å². The summed E-state index contributed by atoms with van der Waals surface area (Å²) in [5.41, 5.74) is 0.373. The number of carbonyl (C=O) groups is 1. The Labute approximate surface area is 90.2 Å². The van der Waals surface area contributed by atoms with E-state index in [1.54, 1.807) is 30.3 Å². The zero-order valence-corrected chi connectivity index (χ0v) is 8.25. The molecule has 0 unspecified atom stereocenters. The molecular weight excluding hydrogens is 223 g/mol. The fourth-order valence-corrected chi connectivity index (χ4v) is 0.975. The molecule has 0 radical (unpaired) electrons. The molecule has 1 aromatic rings. The number of nitrogens with one attached hydrogen (secondary N) is 1. The monoisotopic (exact) mass is 233 g/mol. The number of alkyl halides is 3. The summed E-state index contributed by atoms with van der Waals surface area (Å²) in [6.07, 6.45) is -4.38. The van der Waals surface area contributed by atoms with E-state index in [9.17, 15) is 18.0 Å². The van der Waals surface area contributed by atoms with E-state index in [4.69, 9.17) is 0 Å². The molecule has 0 heterocycles. The Morgan fingerprint density at radius 1 is 1.25 bits per heavy atom. The molecule has 0 spiro atoms.